The summed E-state index contributed by atoms with van der Waals surface area (Å²) in [5, 5.41) is 0. The second kappa shape index (κ2) is 6.11. The first-order valence-electron chi connectivity index (χ1n) is 7.15. The lowest BCUT2D eigenvalue weighted by Gasteiger charge is -2.16. The summed E-state index contributed by atoms with van der Waals surface area (Å²) in [6.07, 6.45) is 3.54. The highest BCUT2D eigenvalue weighted by Gasteiger charge is 2.24. The molecule has 0 radical (unpaired) electrons. The fourth-order valence-corrected chi connectivity index (χ4v) is 3.71. The zero-order valence-corrected chi connectivity index (χ0v) is 13.0. The second-order valence-electron chi connectivity index (χ2n) is 5.26. The van der Waals surface area contributed by atoms with E-state index in [0.717, 1.165) is 49.9 Å². The first-order valence-corrected chi connectivity index (χ1v) is 8.63. The van der Waals surface area contributed by atoms with Gasteiger partial charge in [0.1, 0.15) is 17.5 Å². The van der Waals surface area contributed by atoms with E-state index in [4.69, 9.17) is 0 Å². The zero-order chi connectivity index (χ0) is 16.4. The van der Waals surface area contributed by atoms with E-state index in [9.17, 15) is 17.2 Å². The van der Waals surface area contributed by atoms with Gasteiger partial charge in [-0.05, 0) is 37.1 Å². The van der Waals surface area contributed by atoms with Crippen LogP contribution in [-0.2, 0) is 10.0 Å². The minimum atomic E-state index is -4.36. The fraction of sp³-hybridized carbons (Fsp3) is 0.267. The number of halogens is 2. The molecule has 0 aliphatic carbocycles. The molecule has 2 aromatic rings. The quantitative estimate of drug-likeness (QED) is 0.930. The van der Waals surface area contributed by atoms with Gasteiger partial charge in [-0.25, -0.2) is 22.2 Å². The number of sulfonamides is 1. The second-order valence-corrected chi connectivity index (χ2v) is 6.87. The van der Waals surface area contributed by atoms with Gasteiger partial charge in [-0.1, -0.05) is 6.07 Å². The number of aromatic nitrogens is 1. The highest BCUT2D eigenvalue weighted by Crippen LogP contribution is 2.23. The molecule has 2 heterocycles. The third-order valence-electron chi connectivity index (χ3n) is 3.62. The standard InChI is InChI=1S/C15H15F2N3O2S/c16-12-4-3-5-13(17)15(12)23(21,22)19-11-6-7-14(18-10-11)20-8-1-2-9-20/h3-7,10,19H,1-2,8-9H2. The number of benzene rings is 1. The van der Waals surface area contributed by atoms with Crippen molar-refractivity contribution in [3.8, 4) is 0 Å². The lowest BCUT2D eigenvalue weighted by Crippen LogP contribution is -2.19. The van der Waals surface area contributed by atoms with Gasteiger partial charge in [0.25, 0.3) is 10.0 Å². The molecule has 1 aliphatic rings. The molecule has 0 saturated carbocycles. The summed E-state index contributed by atoms with van der Waals surface area (Å²) in [6.45, 7) is 1.83. The first-order chi connectivity index (χ1) is 11.0. The van der Waals surface area contributed by atoms with Crippen LogP contribution < -0.4 is 9.62 Å². The summed E-state index contributed by atoms with van der Waals surface area (Å²) < 4.78 is 53.7. The van der Waals surface area contributed by atoms with Crippen molar-refractivity contribution in [3.63, 3.8) is 0 Å². The third kappa shape index (κ3) is 3.26. The van der Waals surface area contributed by atoms with Crippen LogP contribution in [0.4, 0.5) is 20.3 Å². The molecule has 3 rings (SSSR count). The van der Waals surface area contributed by atoms with Crippen LogP contribution >= 0.6 is 0 Å². The van der Waals surface area contributed by atoms with Gasteiger partial charge in [0.15, 0.2) is 4.90 Å². The molecule has 23 heavy (non-hydrogen) atoms. The minimum absolute atomic E-state index is 0.149. The summed E-state index contributed by atoms with van der Waals surface area (Å²) >= 11 is 0. The van der Waals surface area contributed by atoms with E-state index >= 15 is 0 Å². The SMILES string of the molecule is O=S(=O)(Nc1ccc(N2CCCC2)nc1)c1c(F)cccc1F. The molecule has 0 unspecified atom stereocenters. The number of anilines is 2. The molecule has 0 amide bonds. The van der Waals surface area contributed by atoms with Crippen LogP contribution in [0.15, 0.2) is 41.4 Å². The van der Waals surface area contributed by atoms with E-state index in [1.165, 1.54) is 12.3 Å². The molecule has 1 aliphatic heterocycles. The summed E-state index contributed by atoms with van der Waals surface area (Å²) in [4.78, 5) is 5.29. The Kier molecular flexibility index (Phi) is 4.16. The number of pyridine rings is 1. The Hall–Kier alpha value is -2.22. The minimum Gasteiger partial charge on any atom is -0.357 e. The van der Waals surface area contributed by atoms with Crippen molar-refractivity contribution in [2.75, 3.05) is 22.7 Å². The zero-order valence-electron chi connectivity index (χ0n) is 12.2. The van der Waals surface area contributed by atoms with Crippen LogP contribution in [0.2, 0.25) is 0 Å². The molecule has 0 bridgehead atoms. The van der Waals surface area contributed by atoms with Crippen molar-refractivity contribution in [1.82, 2.24) is 4.98 Å². The Morgan fingerprint density at radius 3 is 2.26 bits per heavy atom. The normalized spacial score (nSPS) is 15.0. The Morgan fingerprint density at radius 1 is 1.04 bits per heavy atom. The topological polar surface area (TPSA) is 62.3 Å². The van der Waals surface area contributed by atoms with E-state index in [2.05, 4.69) is 14.6 Å². The molecule has 5 nitrogen and oxygen atoms in total. The molecule has 0 atom stereocenters. The van der Waals surface area contributed by atoms with Crippen molar-refractivity contribution in [2.45, 2.75) is 17.7 Å². The van der Waals surface area contributed by atoms with Crippen molar-refractivity contribution in [1.29, 1.82) is 0 Å². The number of nitrogens with zero attached hydrogens (tertiary/aromatic N) is 2. The maximum Gasteiger partial charge on any atom is 0.267 e. The Morgan fingerprint density at radius 2 is 1.70 bits per heavy atom. The molecule has 1 saturated heterocycles. The predicted molar refractivity (Wildman–Crippen MR) is 82.9 cm³/mol. The van der Waals surface area contributed by atoms with Crippen LogP contribution in [0.1, 0.15) is 12.8 Å². The average molecular weight is 339 g/mol. The van der Waals surface area contributed by atoms with E-state index in [0.29, 0.717) is 0 Å². The van der Waals surface area contributed by atoms with E-state index in [1.54, 1.807) is 6.07 Å². The van der Waals surface area contributed by atoms with Crippen LogP contribution in [0, 0.1) is 11.6 Å². The van der Waals surface area contributed by atoms with E-state index in [-0.39, 0.29) is 5.69 Å². The molecule has 122 valence electrons. The average Bonchev–Trinajstić information content (AvgIpc) is 3.01. The van der Waals surface area contributed by atoms with Gasteiger partial charge >= 0.3 is 0 Å². The van der Waals surface area contributed by atoms with Crippen molar-refractivity contribution in [3.05, 3.63) is 48.2 Å². The van der Waals surface area contributed by atoms with Gasteiger partial charge < -0.3 is 4.90 Å². The van der Waals surface area contributed by atoms with E-state index < -0.39 is 26.6 Å². The van der Waals surface area contributed by atoms with Crippen LogP contribution in [-0.4, -0.2) is 26.5 Å². The fourth-order valence-electron chi connectivity index (χ4n) is 2.53. The maximum atomic E-state index is 13.6. The van der Waals surface area contributed by atoms with Gasteiger partial charge in [0, 0.05) is 13.1 Å². The van der Waals surface area contributed by atoms with Crippen LogP contribution in [0.25, 0.3) is 0 Å². The Bertz CT molecular complexity index is 784. The van der Waals surface area contributed by atoms with Gasteiger partial charge in [0.2, 0.25) is 0 Å². The number of nitrogens with one attached hydrogen (secondary N) is 1. The lowest BCUT2D eigenvalue weighted by atomic mass is 10.3. The molecule has 1 aromatic carbocycles. The molecule has 1 fully saturated rings. The van der Waals surface area contributed by atoms with Crippen LogP contribution in [0.5, 0.6) is 0 Å². The van der Waals surface area contributed by atoms with Crippen molar-refractivity contribution < 1.29 is 17.2 Å². The molecule has 1 aromatic heterocycles. The van der Waals surface area contributed by atoms with Crippen molar-refractivity contribution >= 4 is 21.5 Å². The van der Waals surface area contributed by atoms with Gasteiger partial charge in [-0.2, -0.15) is 0 Å². The summed E-state index contributed by atoms with van der Waals surface area (Å²) in [7, 11) is -4.36. The smallest absolute Gasteiger partial charge is 0.267 e. The number of hydrogen-bond donors (Lipinski definition) is 1. The summed E-state index contributed by atoms with van der Waals surface area (Å²) in [5.41, 5.74) is 0.149. The van der Waals surface area contributed by atoms with Crippen molar-refractivity contribution in [2.24, 2.45) is 0 Å². The van der Waals surface area contributed by atoms with Gasteiger partial charge in [-0.3, -0.25) is 4.72 Å². The van der Waals surface area contributed by atoms with Gasteiger partial charge in [0.05, 0.1) is 11.9 Å². The Balaban J connectivity index is 1.83. The monoisotopic (exact) mass is 339 g/mol. The molecule has 8 heteroatoms. The highest BCUT2D eigenvalue weighted by atomic mass is 32.2. The maximum absolute atomic E-state index is 13.6. The third-order valence-corrected chi connectivity index (χ3v) is 5.05. The first kappa shape index (κ1) is 15.7. The lowest BCUT2D eigenvalue weighted by molar-refractivity contribution is 0.521. The van der Waals surface area contributed by atoms with E-state index in [1.807, 2.05) is 0 Å². The number of rotatable bonds is 4. The molecule has 1 N–H and O–H groups in total. The molecule has 0 spiro atoms. The van der Waals surface area contributed by atoms with Gasteiger partial charge in [-0.15, -0.1) is 0 Å². The molecular weight excluding hydrogens is 324 g/mol. The number of hydrogen-bond acceptors (Lipinski definition) is 4. The molecular formula is C15H15F2N3O2S. The predicted octanol–water partition coefficient (Wildman–Crippen LogP) is 2.76. The largest absolute Gasteiger partial charge is 0.357 e. The Labute approximate surface area is 133 Å². The summed E-state index contributed by atoms with van der Waals surface area (Å²) in [5.74, 6) is -1.53. The summed E-state index contributed by atoms with van der Waals surface area (Å²) in [6, 6.07) is 6.10. The van der Waals surface area contributed by atoms with Crippen LogP contribution in [0.3, 0.4) is 0 Å². The highest BCUT2D eigenvalue weighted by molar-refractivity contribution is 7.92.